The lowest BCUT2D eigenvalue weighted by atomic mass is 10.1. The van der Waals surface area contributed by atoms with Gasteiger partial charge in [0, 0.05) is 82.6 Å². The summed E-state index contributed by atoms with van der Waals surface area (Å²) in [6.07, 6.45) is -8.11. The van der Waals surface area contributed by atoms with Gasteiger partial charge >= 0.3 is 105 Å². The SMILES string of the molecule is CC(OC(=O)c1cc(OC(=O)c2cc(I)cc(I)c2O)ccc1[N+](=O)[O-])C(F)(F)S(=O)(=O)[O-].CC(OC(=O)c1ccc([N+](=O)[O-])c(OC(=O)c2cc(I)cc(I)c2I)c1)C(F)(F)S(=O)(=O)[O-].CC(OC(=O)c1ccc([N+](=O)[O-])c(OC(=O)c2cc(I)cc(I)c2I)c1)C(F)(F)S(=O)(=O)[O-].Fc1ccc([I+]c2ccccc2)cc1.c1ccc(-[s+]2c3ccccc3c3ccccc32)cc1.c1ccc([I+]c2ccccc2)cc1. The molecule has 0 aliphatic carbocycles. The van der Waals surface area contributed by atoms with Crippen molar-refractivity contribution in [3.63, 3.8) is 0 Å². The maximum atomic E-state index is 13.6. The van der Waals surface area contributed by atoms with Gasteiger partial charge < -0.3 is 47.2 Å². The molecule has 0 fully saturated rings. The third-order valence-corrected chi connectivity index (χ3v) is 38.1. The minimum atomic E-state index is -6.21. The molecule has 0 bridgehead atoms. The lowest BCUT2D eigenvalue weighted by Gasteiger charge is -2.25. The van der Waals surface area contributed by atoms with Gasteiger partial charge in [-0.1, -0.05) is 97.1 Å². The summed E-state index contributed by atoms with van der Waals surface area (Å²) in [6, 6.07) is 83.2. The molecule has 0 spiro atoms. The third kappa shape index (κ3) is 32.7. The summed E-state index contributed by atoms with van der Waals surface area (Å²) < 4.78 is 232. The van der Waals surface area contributed by atoms with E-state index in [1.807, 2.05) is 188 Å². The number of nitro benzene ring substituents is 3. The molecule has 0 saturated heterocycles. The van der Waals surface area contributed by atoms with Gasteiger partial charge in [-0.3, -0.25) is 30.3 Å². The zero-order valence-corrected chi connectivity index (χ0v) is 97.6. The normalized spacial score (nSPS) is 12.0. The number of benzene rings is 13. The van der Waals surface area contributed by atoms with Crippen molar-refractivity contribution in [1.29, 1.82) is 0 Å². The predicted octanol–water partition coefficient (Wildman–Crippen LogP) is 17.5. The van der Waals surface area contributed by atoms with E-state index in [2.05, 4.69) is 166 Å². The number of rotatable bonds is 26. The molecule has 0 saturated carbocycles. The Morgan fingerprint density at radius 1 is 0.359 bits per heavy atom. The molecule has 31 nitrogen and oxygen atoms in total. The van der Waals surface area contributed by atoms with Gasteiger partial charge in [-0.05, 0) is 353 Å². The van der Waals surface area contributed by atoms with Crippen molar-refractivity contribution in [3.8, 4) is 27.9 Å². The highest BCUT2D eigenvalue weighted by Crippen LogP contribution is 2.48. The fourth-order valence-electron chi connectivity index (χ4n) is 11.6. The number of aromatic hydroxyl groups is 1. The van der Waals surface area contributed by atoms with Crippen LogP contribution in [-0.2, 0) is 44.6 Å². The summed E-state index contributed by atoms with van der Waals surface area (Å²) in [7, 11) is -18.4. The van der Waals surface area contributed by atoms with E-state index in [1.165, 1.54) is 69.7 Å². The Morgan fingerprint density at radius 3 is 1.03 bits per heavy atom. The van der Waals surface area contributed by atoms with Gasteiger partial charge in [0.1, 0.15) is 28.4 Å². The molecule has 1 aromatic heterocycles. The maximum Gasteiger partial charge on any atom is 0.370 e. The smallest absolute Gasteiger partial charge is 0.370 e. The summed E-state index contributed by atoms with van der Waals surface area (Å²) in [4.78, 5) is 107. The van der Waals surface area contributed by atoms with E-state index in [9.17, 15) is 134 Å². The first kappa shape index (κ1) is 120. The summed E-state index contributed by atoms with van der Waals surface area (Å²) in [5.41, 5.74) is -4.55. The van der Waals surface area contributed by atoms with Crippen molar-refractivity contribution in [2.75, 3.05) is 0 Å². The van der Waals surface area contributed by atoms with E-state index in [0.717, 1.165) is 30.3 Å². The average molecular weight is 3200 g/mol. The van der Waals surface area contributed by atoms with Crippen LogP contribution in [0.15, 0.2) is 285 Å². The van der Waals surface area contributed by atoms with Crippen molar-refractivity contribution in [2.45, 2.75) is 54.8 Å². The predicted molar refractivity (Wildman–Crippen MR) is 571 cm³/mol. The van der Waals surface area contributed by atoms with Crippen LogP contribution in [-0.4, -0.2) is 129 Å². The largest absolute Gasteiger partial charge is 0.743 e. The molecule has 0 aliphatic rings. The van der Waals surface area contributed by atoms with Crippen LogP contribution in [0, 0.1) is 79.0 Å². The summed E-state index contributed by atoms with van der Waals surface area (Å²) in [5.74, 6) is -10.3. The van der Waals surface area contributed by atoms with Crippen molar-refractivity contribution in [1.82, 2.24) is 0 Å². The van der Waals surface area contributed by atoms with Crippen molar-refractivity contribution in [2.24, 2.45) is 0 Å². The van der Waals surface area contributed by atoms with E-state index in [4.69, 9.17) is 14.2 Å². The highest BCUT2D eigenvalue weighted by Gasteiger charge is 2.50. The maximum absolute atomic E-state index is 13.6. The van der Waals surface area contributed by atoms with Gasteiger partial charge in [-0.2, -0.15) is 26.3 Å². The molecule has 145 heavy (non-hydrogen) atoms. The molecule has 52 heteroatoms. The second-order valence-corrected chi connectivity index (χ2v) is 50.3. The Morgan fingerprint density at radius 2 is 0.669 bits per heavy atom. The molecular formula is C93H60F7I10N3O28S4. The van der Waals surface area contributed by atoms with Gasteiger partial charge in [0.2, 0.25) is 11.5 Å². The topological polar surface area (TPSA) is 479 Å². The average Bonchev–Trinajstić information content (AvgIpc) is 1.60. The number of hydrogen-bond acceptors (Lipinski definition) is 28. The second kappa shape index (κ2) is 53.2. The van der Waals surface area contributed by atoms with Gasteiger partial charge in [0.15, 0.2) is 77.2 Å². The molecule has 3 unspecified atom stereocenters. The number of nitrogens with zero attached hydrogens (tertiary/aromatic N) is 3. The summed E-state index contributed by atoms with van der Waals surface area (Å²) in [6.45, 7) is 1.38. The fraction of sp³-hybridized carbons (Fsp3) is 0.0968. The van der Waals surface area contributed by atoms with E-state index in [-0.39, 0.29) is 75.4 Å². The highest BCUT2D eigenvalue weighted by atomic mass is 127. The van der Waals surface area contributed by atoms with Gasteiger partial charge in [0.05, 0.1) is 40.6 Å². The highest BCUT2D eigenvalue weighted by molar-refractivity contribution is 14.1. The van der Waals surface area contributed by atoms with Crippen LogP contribution in [0.3, 0.4) is 0 Å². The van der Waals surface area contributed by atoms with E-state index < -0.39 is 172 Å². The first-order valence-electron chi connectivity index (χ1n) is 39.7. The first-order valence-corrected chi connectivity index (χ1v) is 58.1. The Kier molecular flexibility index (Phi) is 44.0. The number of phenols is 1. The van der Waals surface area contributed by atoms with E-state index in [0.29, 0.717) is 73.6 Å². The number of fused-ring (bicyclic) bond motifs is 3. The number of carbonyl (C=O) groups excluding carboxylic acids is 6. The quantitative estimate of drug-likeness (QED) is 0.00502. The lowest BCUT2D eigenvalue weighted by molar-refractivity contribution is -0.597. The molecular weight excluding hydrogens is 3140 g/mol. The third-order valence-electron chi connectivity index (χ3n) is 18.7. The number of nitro groups is 3. The molecule has 1 N–H and O–H groups in total. The van der Waals surface area contributed by atoms with Crippen LogP contribution >= 0.6 is 191 Å². The Bertz CT molecular complexity index is 7330. The van der Waals surface area contributed by atoms with Crippen LogP contribution < -0.4 is 56.6 Å². The molecule has 13 aromatic carbocycles. The lowest BCUT2D eigenvalue weighted by Crippen LogP contribution is -3.61. The molecule has 1 heterocycles. The van der Waals surface area contributed by atoms with Gasteiger partial charge in [-0.15, -0.1) is 0 Å². The zero-order valence-electron chi connectivity index (χ0n) is 72.7. The second-order valence-electron chi connectivity index (χ2n) is 28.6. The number of phenolic OH excluding ortho intramolecular Hbond substituents is 1. The Hall–Kier alpha value is -8.56. The number of thiophene rings is 1. The minimum absolute atomic E-state index is 0.0287. The van der Waals surface area contributed by atoms with Crippen molar-refractivity contribution < 1.29 is 189 Å². The monoisotopic (exact) mass is 3200 g/mol. The number of alkyl halides is 6. The molecule has 3 atom stereocenters. The zero-order chi connectivity index (χ0) is 107. The van der Waals surface area contributed by atoms with E-state index in [1.54, 1.807) is 40.8 Å². The molecule has 0 radical (unpaired) electrons. The van der Waals surface area contributed by atoms with Crippen LogP contribution in [0.1, 0.15) is 82.9 Å². The molecule has 14 rings (SSSR count). The van der Waals surface area contributed by atoms with Crippen LogP contribution in [0.4, 0.5) is 47.8 Å². The van der Waals surface area contributed by atoms with Crippen LogP contribution in [0.5, 0.6) is 23.0 Å². The van der Waals surface area contributed by atoms with Gasteiger partial charge in [0.25, 0.3) is 5.69 Å². The van der Waals surface area contributed by atoms with Crippen LogP contribution in [0.25, 0.3) is 25.1 Å². The fourth-order valence-corrected chi connectivity index (χ4v) is 26.4. The number of esters is 6. The van der Waals surface area contributed by atoms with Crippen molar-refractivity contribution >= 4 is 295 Å². The van der Waals surface area contributed by atoms with E-state index >= 15 is 0 Å². The number of halogens is 17. The molecule has 0 amide bonds. The number of ether oxygens (including phenoxy) is 6. The first-order chi connectivity index (χ1) is 67.9. The molecule has 0 aliphatic heterocycles. The molecule has 14 aromatic rings. The Labute approximate surface area is 951 Å². The Balaban J connectivity index is 0.000000200. The molecule has 758 valence electrons. The number of carbonyl (C=O) groups is 6. The van der Waals surface area contributed by atoms with Crippen molar-refractivity contribution in [3.05, 3.63) is 398 Å². The summed E-state index contributed by atoms with van der Waals surface area (Å²) in [5, 5.41) is 31.8. The number of hydrogen-bond donors (Lipinski definition) is 1. The van der Waals surface area contributed by atoms with Gasteiger partial charge in [-0.25, -0.2) is 58.4 Å². The minimum Gasteiger partial charge on any atom is -0.743 e. The summed E-state index contributed by atoms with van der Waals surface area (Å²) >= 11 is 15.1. The van der Waals surface area contributed by atoms with Crippen LogP contribution in [0.2, 0.25) is 0 Å². The standard InChI is InChI=1S/C18H13S.2C17H10F2I3NO9S.C17H11F2I2NO10S.C12H9FI.C12H10I/c1-2-8-14(9-3-1)19-17-12-6-4-10-15(17)16-11-5-7-13-18(16)19;2*1-7(17(18,19)33(28,29)30)31-15(24)8-2-3-12(23(26)27)13(4-8)32-16(25)10-5-9(20)6-11(21)14(10)22;1-7(17(18,19)33(28,29)30)31-15(24)10-6-9(2-3-13(10)22(26)27)32-16(25)11-4-8(20)5-12(21)14(11)23;13-10-6-8-12(9-7-10)14-11-4-2-1-3-5-11;1-3-7-11(8-4-1)13-12-9-5-2-6-10-12/h1-13H;2*2-7H,1H3,(H,28,29,30);2-7,23H,1H3,(H,28,29,30);1-9H;1-10H/q+1;;;;2*+1/p-3.